The maximum Gasteiger partial charge on any atom is 0.264 e. The lowest BCUT2D eigenvalue weighted by molar-refractivity contribution is -0.139. The molecule has 0 saturated heterocycles. The van der Waals surface area contributed by atoms with E-state index >= 15 is 0 Å². The van der Waals surface area contributed by atoms with Gasteiger partial charge >= 0.3 is 0 Å². The number of halogens is 1. The first kappa shape index (κ1) is 31.6. The maximum atomic E-state index is 14.0. The molecule has 0 radical (unpaired) electrons. The van der Waals surface area contributed by atoms with Crippen molar-refractivity contribution < 1.29 is 27.1 Å². The third-order valence-corrected chi connectivity index (χ3v) is 8.67. The van der Waals surface area contributed by atoms with Gasteiger partial charge in [-0.3, -0.25) is 13.9 Å². The van der Waals surface area contributed by atoms with Crippen molar-refractivity contribution in [3.05, 3.63) is 89.7 Å². The molecule has 8 nitrogen and oxygen atoms in total. The van der Waals surface area contributed by atoms with Crippen LogP contribution in [0.1, 0.15) is 45.2 Å². The Hall–Kier alpha value is -3.92. The number of rotatable bonds is 13. The van der Waals surface area contributed by atoms with E-state index in [4.69, 9.17) is 4.74 Å². The molecule has 0 bridgehead atoms. The van der Waals surface area contributed by atoms with Gasteiger partial charge in [0.25, 0.3) is 10.0 Å². The van der Waals surface area contributed by atoms with Crippen molar-refractivity contribution in [1.82, 2.24) is 10.2 Å². The average molecular weight is 584 g/mol. The predicted molar refractivity (Wildman–Crippen MR) is 158 cm³/mol. The highest BCUT2D eigenvalue weighted by Gasteiger charge is 2.33. The summed E-state index contributed by atoms with van der Waals surface area (Å²) in [5.74, 6) is -0.952. The molecular formula is C31H38FN3O5S. The first-order valence-electron chi connectivity index (χ1n) is 13.6. The van der Waals surface area contributed by atoms with Crippen LogP contribution >= 0.6 is 0 Å². The van der Waals surface area contributed by atoms with Crippen molar-refractivity contribution in [3.63, 3.8) is 0 Å². The smallest absolute Gasteiger partial charge is 0.264 e. The number of nitrogens with one attached hydrogen (secondary N) is 1. The van der Waals surface area contributed by atoms with Crippen LogP contribution in [0.3, 0.4) is 0 Å². The summed E-state index contributed by atoms with van der Waals surface area (Å²) in [4.78, 5) is 28.4. The minimum absolute atomic E-state index is 0.0976. The van der Waals surface area contributed by atoms with Gasteiger partial charge in [0.15, 0.2) is 0 Å². The van der Waals surface area contributed by atoms with Gasteiger partial charge in [-0.2, -0.15) is 0 Å². The van der Waals surface area contributed by atoms with E-state index in [1.807, 2.05) is 52.0 Å². The molecule has 0 fully saturated rings. The Morgan fingerprint density at radius 3 is 2.17 bits per heavy atom. The molecule has 1 N–H and O–H groups in total. The molecule has 220 valence electrons. The second-order valence-corrected chi connectivity index (χ2v) is 11.7. The molecule has 0 aliphatic rings. The molecule has 0 aromatic heterocycles. The summed E-state index contributed by atoms with van der Waals surface area (Å²) < 4.78 is 47.8. The summed E-state index contributed by atoms with van der Waals surface area (Å²) in [6.07, 6.45) is 0.714. The first-order valence-corrected chi connectivity index (χ1v) is 15.1. The number of ether oxygens (including phenoxy) is 1. The van der Waals surface area contributed by atoms with Gasteiger partial charge in [0.05, 0.1) is 17.2 Å². The number of hydrogen-bond acceptors (Lipinski definition) is 5. The van der Waals surface area contributed by atoms with Gasteiger partial charge in [-0.25, -0.2) is 12.8 Å². The zero-order chi connectivity index (χ0) is 30.2. The zero-order valence-electron chi connectivity index (χ0n) is 24.1. The summed E-state index contributed by atoms with van der Waals surface area (Å²) in [7, 11) is -4.30. The standard InChI is InChI=1S/C31H38FN3O5S/c1-6-23(4)33-31(37)24(5)34(20-25-11-9-8-10-22(25)3)30(36)21-35(27-14-16-28(17-15-27)40-7-2)41(38,39)29-18-12-26(32)13-19-29/h8-19,23-24H,6-7,20-21H2,1-5H3,(H,33,37). The van der Waals surface area contributed by atoms with Crippen LogP contribution < -0.4 is 14.4 Å². The quantitative estimate of drug-likeness (QED) is 0.304. The molecule has 2 amide bonds. The number of hydrogen-bond donors (Lipinski definition) is 1. The second-order valence-electron chi connectivity index (χ2n) is 9.83. The van der Waals surface area contributed by atoms with Crippen LogP contribution in [0.15, 0.2) is 77.7 Å². The fourth-order valence-corrected chi connectivity index (χ4v) is 5.57. The van der Waals surface area contributed by atoms with Gasteiger partial charge < -0.3 is 15.0 Å². The summed E-state index contributed by atoms with van der Waals surface area (Å²) in [5.41, 5.74) is 1.99. The van der Waals surface area contributed by atoms with Gasteiger partial charge in [-0.05, 0) is 93.8 Å². The molecule has 41 heavy (non-hydrogen) atoms. The lowest BCUT2D eigenvalue weighted by Gasteiger charge is -2.32. The Morgan fingerprint density at radius 1 is 0.951 bits per heavy atom. The normalized spacial score (nSPS) is 12.7. The molecule has 0 aliphatic heterocycles. The van der Waals surface area contributed by atoms with Gasteiger partial charge in [-0.15, -0.1) is 0 Å². The molecule has 0 heterocycles. The number of carbonyl (C=O) groups excluding carboxylic acids is 2. The number of amides is 2. The lowest BCUT2D eigenvalue weighted by Crippen LogP contribution is -2.52. The third-order valence-electron chi connectivity index (χ3n) is 6.89. The molecule has 3 rings (SSSR count). The molecule has 3 aromatic carbocycles. The molecule has 2 unspecified atom stereocenters. The van der Waals surface area contributed by atoms with Crippen LogP contribution in [0, 0.1) is 12.7 Å². The lowest BCUT2D eigenvalue weighted by atomic mass is 10.1. The van der Waals surface area contributed by atoms with Crippen LogP contribution in [0.5, 0.6) is 5.75 Å². The molecule has 0 aliphatic carbocycles. The molecule has 3 aromatic rings. The van der Waals surface area contributed by atoms with E-state index in [-0.39, 0.29) is 29.1 Å². The van der Waals surface area contributed by atoms with Crippen LogP contribution in [-0.2, 0) is 26.2 Å². The van der Waals surface area contributed by atoms with E-state index in [1.54, 1.807) is 31.2 Å². The highest BCUT2D eigenvalue weighted by molar-refractivity contribution is 7.92. The number of sulfonamides is 1. The number of benzene rings is 3. The number of aryl methyl sites for hydroxylation is 1. The molecule has 10 heteroatoms. The van der Waals surface area contributed by atoms with Crippen molar-refractivity contribution >= 4 is 27.5 Å². The summed E-state index contributed by atoms with van der Waals surface area (Å²) >= 11 is 0. The summed E-state index contributed by atoms with van der Waals surface area (Å²) in [6, 6.07) is 17.3. The average Bonchev–Trinajstić information content (AvgIpc) is 2.95. The van der Waals surface area contributed by atoms with Crippen molar-refractivity contribution in [2.45, 2.75) is 64.6 Å². The Bertz CT molecular complexity index is 1430. The van der Waals surface area contributed by atoms with Crippen molar-refractivity contribution in [2.24, 2.45) is 0 Å². The first-order chi connectivity index (χ1) is 19.5. The van der Waals surface area contributed by atoms with Crippen molar-refractivity contribution in [2.75, 3.05) is 17.5 Å². The molecule has 0 saturated carbocycles. The largest absolute Gasteiger partial charge is 0.494 e. The monoisotopic (exact) mass is 583 g/mol. The van der Waals surface area contributed by atoms with E-state index in [9.17, 15) is 22.4 Å². The van der Waals surface area contributed by atoms with Crippen LogP contribution in [-0.4, -0.2) is 50.4 Å². The molecule has 2 atom stereocenters. The Morgan fingerprint density at radius 2 is 1.59 bits per heavy atom. The molecule has 0 spiro atoms. The van der Waals surface area contributed by atoms with Crippen LogP contribution in [0.4, 0.5) is 10.1 Å². The second kappa shape index (κ2) is 14.1. The number of anilines is 1. The third kappa shape index (κ3) is 8.07. The van der Waals surface area contributed by atoms with Gasteiger partial charge in [0, 0.05) is 12.6 Å². The topological polar surface area (TPSA) is 96.0 Å². The fraction of sp³-hybridized carbons (Fsp3) is 0.355. The number of carbonyl (C=O) groups is 2. The Kier molecular flexibility index (Phi) is 10.9. The van der Waals surface area contributed by atoms with Crippen molar-refractivity contribution in [1.29, 1.82) is 0 Å². The highest BCUT2D eigenvalue weighted by atomic mass is 32.2. The zero-order valence-corrected chi connectivity index (χ0v) is 24.9. The minimum atomic E-state index is -4.30. The van der Waals surface area contributed by atoms with Crippen LogP contribution in [0.2, 0.25) is 0 Å². The van der Waals surface area contributed by atoms with E-state index in [0.29, 0.717) is 18.8 Å². The Labute approximate surface area is 242 Å². The van der Waals surface area contributed by atoms with Gasteiger partial charge in [0.2, 0.25) is 11.8 Å². The van der Waals surface area contributed by atoms with E-state index in [0.717, 1.165) is 39.7 Å². The highest BCUT2D eigenvalue weighted by Crippen LogP contribution is 2.27. The summed E-state index contributed by atoms with van der Waals surface area (Å²) in [6.45, 7) is 9.15. The van der Waals surface area contributed by atoms with Gasteiger partial charge in [0.1, 0.15) is 24.2 Å². The number of nitrogens with zero attached hydrogens (tertiary/aromatic N) is 2. The molecular weight excluding hydrogens is 545 g/mol. The SMILES string of the molecule is CCOc1ccc(N(CC(=O)N(Cc2ccccc2C)C(C)C(=O)NC(C)CC)S(=O)(=O)c2ccc(F)cc2)cc1. The van der Waals surface area contributed by atoms with Crippen LogP contribution in [0.25, 0.3) is 0 Å². The fourth-order valence-electron chi connectivity index (χ4n) is 4.16. The predicted octanol–water partition coefficient (Wildman–Crippen LogP) is 5.06. The van der Waals surface area contributed by atoms with E-state index in [2.05, 4.69) is 5.32 Å². The van der Waals surface area contributed by atoms with Gasteiger partial charge in [-0.1, -0.05) is 31.2 Å². The van der Waals surface area contributed by atoms with E-state index < -0.39 is 34.3 Å². The van der Waals surface area contributed by atoms with E-state index in [1.165, 1.54) is 4.90 Å². The van der Waals surface area contributed by atoms with Crippen molar-refractivity contribution in [3.8, 4) is 5.75 Å². The maximum absolute atomic E-state index is 14.0. The Balaban J connectivity index is 2.04. The summed E-state index contributed by atoms with van der Waals surface area (Å²) in [5, 5.41) is 2.92. The minimum Gasteiger partial charge on any atom is -0.494 e.